The Balaban J connectivity index is 2.22. The molecule has 0 N–H and O–H groups in total. The molecule has 0 aliphatic carbocycles. The minimum atomic E-state index is -0.543. The number of aryl methyl sites for hydroxylation is 1. The molecule has 0 amide bonds. The van der Waals surface area contributed by atoms with Gasteiger partial charge in [0.1, 0.15) is 5.56 Å². The molecule has 1 atom stereocenters. The van der Waals surface area contributed by atoms with Gasteiger partial charge in [-0.25, -0.2) is 4.79 Å². The van der Waals surface area contributed by atoms with E-state index < -0.39 is 5.97 Å². The number of carbonyl (C=O) groups is 1. The van der Waals surface area contributed by atoms with Crippen LogP contribution in [0.4, 0.5) is 0 Å². The van der Waals surface area contributed by atoms with Crippen LogP contribution >= 0.6 is 11.3 Å². The molecule has 2 aromatic heterocycles. The number of esters is 1. The normalized spacial score (nSPS) is 16.1. The molecule has 5 heteroatoms. The Morgan fingerprint density at radius 3 is 2.86 bits per heavy atom. The second-order valence-corrected chi connectivity index (χ2v) is 7.01. The average Bonchev–Trinajstić information content (AvgIpc) is 2.73. The Labute approximate surface area is 133 Å². The lowest BCUT2D eigenvalue weighted by molar-refractivity contribution is 0.0523. The van der Waals surface area contributed by atoms with Crippen LogP contribution in [0.15, 0.2) is 17.1 Å². The summed E-state index contributed by atoms with van der Waals surface area (Å²) in [5.74, 6) is -0.543. The first-order valence-corrected chi connectivity index (χ1v) is 8.28. The molecule has 1 unspecified atom stereocenters. The van der Waals surface area contributed by atoms with Crippen molar-refractivity contribution in [2.75, 3.05) is 6.61 Å². The van der Waals surface area contributed by atoms with Gasteiger partial charge in [-0.2, -0.15) is 0 Å². The van der Waals surface area contributed by atoms with Crippen LogP contribution in [0.5, 0.6) is 0 Å². The number of nitrogens with zero attached hydrogens (tertiary/aromatic N) is 1. The first-order chi connectivity index (χ1) is 10.4. The molecular formula is C17H19NO3S. The number of hydrogen-bond donors (Lipinski definition) is 0. The summed E-state index contributed by atoms with van der Waals surface area (Å²) in [7, 11) is 0. The van der Waals surface area contributed by atoms with Gasteiger partial charge in [-0.1, -0.05) is 0 Å². The zero-order chi connectivity index (χ0) is 16.0. The molecule has 116 valence electrons. The maximum atomic E-state index is 12.3. The Kier molecular flexibility index (Phi) is 3.68. The van der Waals surface area contributed by atoms with E-state index in [1.54, 1.807) is 30.5 Å². The third kappa shape index (κ3) is 2.20. The van der Waals surface area contributed by atoms with Gasteiger partial charge in [0.05, 0.1) is 12.3 Å². The lowest BCUT2D eigenvalue weighted by Gasteiger charge is -2.27. The second-order valence-electron chi connectivity index (χ2n) is 5.70. The molecule has 0 saturated heterocycles. The van der Waals surface area contributed by atoms with Gasteiger partial charge in [0.2, 0.25) is 0 Å². The molecular weight excluding hydrogens is 298 g/mol. The van der Waals surface area contributed by atoms with Crippen molar-refractivity contribution in [2.45, 2.75) is 40.2 Å². The topological polar surface area (TPSA) is 48.3 Å². The highest BCUT2D eigenvalue weighted by Crippen LogP contribution is 2.41. The molecule has 0 fully saturated rings. The number of aromatic nitrogens is 1. The van der Waals surface area contributed by atoms with Gasteiger partial charge in [0.15, 0.2) is 5.43 Å². The van der Waals surface area contributed by atoms with E-state index in [4.69, 9.17) is 4.74 Å². The molecule has 1 aliphatic heterocycles. The zero-order valence-corrected chi connectivity index (χ0v) is 14.0. The van der Waals surface area contributed by atoms with Gasteiger partial charge in [-0.15, -0.1) is 11.3 Å². The number of thiophene rings is 1. The van der Waals surface area contributed by atoms with E-state index in [2.05, 4.69) is 20.8 Å². The van der Waals surface area contributed by atoms with Crippen LogP contribution in [0.25, 0.3) is 11.3 Å². The van der Waals surface area contributed by atoms with Crippen molar-refractivity contribution in [3.8, 4) is 11.3 Å². The van der Waals surface area contributed by atoms with Crippen molar-refractivity contribution in [2.24, 2.45) is 0 Å². The molecule has 0 aromatic carbocycles. The second kappa shape index (κ2) is 5.39. The van der Waals surface area contributed by atoms with Crippen molar-refractivity contribution in [3.63, 3.8) is 0 Å². The highest BCUT2D eigenvalue weighted by atomic mass is 32.1. The summed E-state index contributed by atoms with van der Waals surface area (Å²) in [4.78, 5) is 26.9. The lowest BCUT2D eigenvalue weighted by Crippen LogP contribution is -2.24. The molecule has 0 saturated carbocycles. The molecule has 3 rings (SSSR count). The first-order valence-electron chi connectivity index (χ1n) is 7.46. The quantitative estimate of drug-likeness (QED) is 0.797. The highest BCUT2D eigenvalue weighted by molar-refractivity contribution is 7.12. The Morgan fingerprint density at radius 1 is 1.45 bits per heavy atom. The Hall–Kier alpha value is -1.88. The van der Waals surface area contributed by atoms with E-state index in [-0.39, 0.29) is 23.6 Å². The van der Waals surface area contributed by atoms with Crippen LogP contribution < -0.4 is 5.43 Å². The van der Waals surface area contributed by atoms with Crippen molar-refractivity contribution in [3.05, 3.63) is 43.4 Å². The standard InChI is InChI=1S/C17H19NO3S/c1-5-21-17(20)12-8-18-9(2)6-15-16(10(3)11(4)22-15)13(18)7-14(12)19/h7-9H,5-6H2,1-4H3. The number of ether oxygens (including phenoxy) is 1. The molecule has 0 spiro atoms. The fraction of sp³-hybridized carbons (Fsp3) is 0.412. The van der Waals surface area contributed by atoms with Crippen molar-refractivity contribution in [1.82, 2.24) is 4.57 Å². The van der Waals surface area contributed by atoms with E-state index in [0.717, 1.165) is 17.7 Å². The molecule has 4 nitrogen and oxygen atoms in total. The summed E-state index contributed by atoms with van der Waals surface area (Å²) in [6.07, 6.45) is 2.59. The first kappa shape index (κ1) is 15.0. The number of fused-ring (bicyclic) bond motifs is 3. The fourth-order valence-corrected chi connectivity index (χ4v) is 4.33. The van der Waals surface area contributed by atoms with Crippen LogP contribution in [0.2, 0.25) is 0 Å². The van der Waals surface area contributed by atoms with Gasteiger partial charge in [0.25, 0.3) is 0 Å². The van der Waals surface area contributed by atoms with E-state index >= 15 is 0 Å². The van der Waals surface area contributed by atoms with Gasteiger partial charge >= 0.3 is 5.97 Å². The molecule has 1 aliphatic rings. The van der Waals surface area contributed by atoms with E-state index in [9.17, 15) is 9.59 Å². The predicted molar refractivity (Wildman–Crippen MR) is 87.9 cm³/mol. The van der Waals surface area contributed by atoms with Crippen LogP contribution in [-0.4, -0.2) is 17.1 Å². The molecule has 0 radical (unpaired) electrons. The summed E-state index contributed by atoms with van der Waals surface area (Å²) in [6.45, 7) is 8.31. The fourth-order valence-electron chi connectivity index (χ4n) is 3.02. The minimum absolute atomic E-state index is 0.116. The molecule has 2 aromatic rings. The van der Waals surface area contributed by atoms with Crippen LogP contribution in [0, 0.1) is 13.8 Å². The largest absolute Gasteiger partial charge is 0.462 e. The third-order valence-corrected chi connectivity index (χ3v) is 5.47. The summed E-state index contributed by atoms with van der Waals surface area (Å²) < 4.78 is 7.02. The summed E-state index contributed by atoms with van der Waals surface area (Å²) >= 11 is 1.80. The predicted octanol–water partition coefficient (Wildman–Crippen LogP) is 3.49. The smallest absolute Gasteiger partial charge is 0.343 e. The summed E-state index contributed by atoms with van der Waals surface area (Å²) in [5, 5.41) is 0. The molecule has 0 bridgehead atoms. The van der Waals surface area contributed by atoms with E-state index in [1.807, 2.05) is 4.57 Å². The maximum absolute atomic E-state index is 12.3. The Bertz CT molecular complexity index is 816. The number of rotatable bonds is 2. The zero-order valence-electron chi connectivity index (χ0n) is 13.2. The third-order valence-electron chi connectivity index (χ3n) is 4.25. The molecule has 3 heterocycles. The lowest BCUT2D eigenvalue weighted by atomic mass is 9.96. The number of pyridine rings is 1. The summed E-state index contributed by atoms with van der Waals surface area (Å²) in [5.41, 5.74) is 3.14. The monoisotopic (exact) mass is 317 g/mol. The Morgan fingerprint density at radius 2 is 2.18 bits per heavy atom. The van der Waals surface area contributed by atoms with Crippen molar-refractivity contribution in [1.29, 1.82) is 0 Å². The minimum Gasteiger partial charge on any atom is -0.462 e. The van der Waals surface area contributed by atoms with Crippen molar-refractivity contribution < 1.29 is 9.53 Å². The van der Waals surface area contributed by atoms with E-state index in [0.29, 0.717) is 0 Å². The van der Waals surface area contributed by atoms with Gasteiger partial charge < -0.3 is 9.30 Å². The van der Waals surface area contributed by atoms with Crippen LogP contribution in [0.1, 0.15) is 45.6 Å². The van der Waals surface area contributed by atoms with E-state index in [1.165, 1.54) is 15.3 Å². The number of hydrogen-bond acceptors (Lipinski definition) is 4. The maximum Gasteiger partial charge on any atom is 0.343 e. The van der Waals surface area contributed by atoms with Crippen LogP contribution in [-0.2, 0) is 11.2 Å². The SMILES string of the molecule is CCOC(=O)c1cn2c(cc1=O)-c1c(sc(C)c1C)CC2C. The van der Waals surface area contributed by atoms with Crippen molar-refractivity contribution >= 4 is 17.3 Å². The number of carbonyl (C=O) groups excluding carboxylic acids is 1. The van der Waals surface area contributed by atoms with Gasteiger partial charge in [-0.3, -0.25) is 4.79 Å². The highest BCUT2D eigenvalue weighted by Gasteiger charge is 2.27. The van der Waals surface area contributed by atoms with Gasteiger partial charge in [0, 0.05) is 40.0 Å². The average molecular weight is 317 g/mol. The summed E-state index contributed by atoms with van der Waals surface area (Å²) in [6, 6.07) is 1.80. The van der Waals surface area contributed by atoms with Gasteiger partial charge in [-0.05, 0) is 33.3 Å². The van der Waals surface area contributed by atoms with Crippen LogP contribution in [0.3, 0.4) is 0 Å². The molecule has 22 heavy (non-hydrogen) atoms.